The van der Waals surface area contributed by atoms with Gasteiger partial charge < -0.3 is 30.1 Å². The smallest absolute Gasteiger partial charge is 0.251 e. The summed E-state index contributed by atoms with van der Waals surface area (Å²) >= 11 is 0. The van der Waals surface area contributed by atoms with Gasteiger partial charge in [0, 0.05) is 56.5 Å². The molecule has 1 fully saturated rings. The number of nitrogens with zero attached hydrogens (tertiary/aromatic N) is 3. The van der Waals surface area contributed by atoms with Gasteiger partial charge in [-0.3, -0.25) is 4.79 Å². The molecule has 12 heteroatoms. The Morgan fingerprint density at radius 2 is 1.90 bits per heavy atom. The number of aromatic nitrogens is 2. The summed E-state index contributed by atoms with van der Waals surface area (Å²) < 4.78 is 59.7. The molecule has 0 radical (unpaired) electrons. The molecule has 1 saturated heterocycles. The zero-order valence-electron chi connectivity index (χ0n) is 23.7. The highest BCUT2D eigenvalue weighted by Gasteiger charge is 2.44. The molecule has 2 aromatic carbocycles. The van der Waals surface area contributed by atoms with Crippen molar-refractivity contribution in [3.05, 3.63) is 71.4 Å². The third-order valence-electron chi connectivity index (χ3n) is 7.69. The predicted octanol–water partition coefficient (Wildman–Crippen LogP) is 3.94. The van der Waals surface area contributed by atoms with Crippen LogP contribution in [-0.2, 0) is 11.3 Å². The fourth-order valence-corrected chi connectivity index (χ4v) is 5.55. The van der Waals surface area contributed by atoms with E-state index in [0.29, 0.717) is 5.56 Å². The Hall–Kier alpha value is -3.48. The Balaban J connectivity index is 1.95. The normalized spacial score (nSPS) is 18.7. The number of amides is 1. The molecule has 0 spiro atoms. The van der Waals surface area contributed by atoms with Gasteiger partial charge in [0.15, 0.2) is 0 Å². The molecule has 4 N–H and O–H groups in total. The van der Waals surface area contributed by atoms with Gasteiger partial charge in [-0.25, -0.2) is 22.5 Å². The Bertz CT molecular complexity index is 1390. The second kappa shape index (κ2) is 12.8. The van der Waals surface area contributed by atoms with Crippen molar-refractivity contribution in [2.24, 2.45) is 11.3 Å². The van der Waals surface area contributed by atoms with E-state index < -0.39 is 53.0 Å². The van der Waals surface area contributed by atoms with Gasteiger partial charge in [-0.1, -0.05) is 13.8 Å². The van der Waals surface area contributed by atoms with E-state index in [0.717, 1.165) is 24.3 Å². The monoisotopic (exact) mass is 592 g/mol. The predicted molar refractivity (Wildman–Crippen MR) is 148 cm³/mol. The van der Waals surface area contributed by atoms with Gasteiger partial charge in [-0.15, -0.1) is 0 Å². The molecule has 228 valence electrons. The number of phenols is 1. The number of hydrogen-bond acceptors (Lipinski definition) is 6. The summed E-state index contributed by atoms with van der Waals surface area (Å²) in [4.78, 5) is 19.6. The summed E-state index contributed by atoms with van der Waals surface area (Å²) in [5.41, 5.74) is -0.772. The van der Waals surface area contributed by atoms with Crippen LogP contribution in [0.3, 0.4) is 0 Å². The molecule has 1 aliphatic rings. The molecule has 0 bridgehead atoms. The fraction of sp³-hybridized carbons (Fsp3) is 0.467. The first-order valence-electron chi connectivity index (χ1n) is 13.8. The maximum Gasteiger partial charge on any atom is 0.251 e. The number of alkyl halides is 1. The molecular formula is C30H36F4N4O4. The molecule has 1 amide bonds. The summed E-state index contributed by atoms with van der Waals surface area (Å²) in [5.74, 6) is -3.64. The zero-order chi connectivity index (χ0) is 30.8. The second-order valence-electron chi connectivity index (χ2n) is 11.5. The van der Waals surface area contributed by atoms with Gasteiger partial charge in [-0.2, -0.15) is 0 Å². The number of hydrogen-bond donors (Lipinski definition) is 4. The summed E-state index contributed by atoms with van der Waals surface area (Å²) in [7, 11) is 0. The number of imidazole rings is 1. The van der Waals surface area contributed by atoms with Crippen LogP contribution < -0.4 is 5.32 Å². The van der Waals surface area contributed by atoms with Gasteiger partial charge in [0.1, 0.15) is 41.3 Å². The van der Waals surface area contributed by atoms with Crippen LogP contribution in [0.1, 0.15) is 44.6 Å². The van der Waals surface area contributed by atoms with Crippen LogP contribution in [0.5, 0.6) is 5.75 Å². The van der Waals surface area contributed by atoms with Gasteiger partial charge in [0.05, 0.1) is 11.7 Å². The van der Waals surface area contributed by atoms with E-state index in [1.54, 1.807) is 13.8 Å². The molecule has 1 unspecified atom stereocenters. The second-order valence-corrected chi connectivity index (χ2v) is 11.5. The molecule has 4 rings (SSSR count). The number of aliphatic hydroxyl groups excluding tert-OH is 2. The number of phenolic OH excluding ortho intramolecular Hbond substituents is 1. The summed E-state index contributed by atoms with van der Waals surface area (Å²) in [6.07, 6.45) is -1.14. The van der Waals surface area contributed by atoms with Crippen molar-refractivity contribution in [3.63, 3.8) is 0 Å². The quantitative estimate of drug-likeness (QED) is 0.251. The van der Waals surface area contributed by atoms with Crippen LogP contribution in [0.4, 0.5) is 17.6 Å². The number of aromatic hydroxyl groups is 1. The standard InChI is InChI=1S/C30H36F4N4O4/c1-17(40)29(42)38(15-19-12-35-13-25(19)34)27(30(2,3)6-7-39)28-36-26(23-11-20(31)4-5-24(23)33)16-37(28)14-18-8-21(32)10-22(41)9-18/h4-5,8-11,16-17,19,25,27,35,39-41H,6-7,12-15H2,1-3H3/t17-,19?,25-,27-/m0/s1. The number of carbonyl (C=O) groups is 1. The van der Waals surface area contributed by atoms with Crippen LogP contribution in [0, 0.1) is 28.8 Å². The lowest BCUT2D eigenvalue weighted by atomic mass is 9.79. The molecule has 1 aliphatic heterocycles. The van der Waals surface area contributed by atoms with Crippen molar-refractivity contribution in [1.82, 2.24) is 19.8 Å². The number of halogens is 4. The first kappa shape index (κ1) is 31.5. The lowest BCUT2D eigenvalue weighted by molar-refractivity contribution is -0.146. The van der Waals surface area contributed by atoms with E-state index in [1.807, 2.05) is 0 Å². The molecule has 1 aromatic heterocycles. The molecule has 0 aliphatic carbocycles. The number of nitrogens with one attached hydrogen (secondary N) is 1. The van der Waals surface area contributed by atoms with Crippen LogP contribution in [0.15, 0.2) is 42.6 Å². The highest BCUT2D eigenvalue weighted by Crippen LogP contribution is 2.43. The molecule has 8 nitrogen and oxygen atoms in total. The minimum atomic E-state index is -1.46. The molecule has 4 atom stereocenters. The third kappa shape index (κ3) is 6.93. The van der Waals surface area contributed by atoms with Crippen molar-refractivity contribution in [3.8, 4) is 17.0 Å². The topological polar surface area (TPSA) is 111 Å². The SMILES string of the molecule is C[C@H](O)C(=O)N(CC1CNC[C@@H]1F)[C@@H](c1nc(-c2cc(F)ccc2F)cn1Cc1cc(O)cc(F)c1)C(C)(C)CCO. The Morgan fingerprint density at radius 3 is 2.52 bits per heavy atom. The number of aliphatic hydroxyl groups is 2. The van der Waals surface area contributed by atoms with Crippen LogP contribution in [0.2, 0.25) is 0 Å². The minimum Gasteiger partial charge on any atom is -0.508 e. The average molecular weight is 593 g/mol. The summed E-state index contributed by atoms with van der Waals surface area (Å²) in [6.45, 7) is 4.75. The van der Waals surface area contributed by atoms with Crippen molar-refractivity contribution < 1.29 is 37.7 Å². The Labute approximate surface area is 241 Å². The molecule has 42 heavy (non-hydrogen) atoms. The van der Waals surface area contributed by atoms with E-state index in [1.165, 1.54) is 34.7 Å². The third-order valence-corrected chi connectivity index (χ3v) is 7.69. The van der Waals surface area contributed by atoms with Crippen LogP contribution in [0.25, 0.3) is 11.3 Å². The van der Waals surface area contributed by atoms with E-state index in [4.69, 9.17) is 0 Å². The summed E-state index contributed by atoms with van der Waals surface area (Å²) in [5, 5.41) is 33.3. The van der Waals surface area contributed by atoms with Gasteiger partial charge in [0.2, 0.25) is 0 Å². The molecule has 2 heterocycles. The Morgan fingerprint density at radius 1 is 1.17 bits per heavy atom. The summed E-state index contributed by atoms with van der Waals surface area (Å²) in [6, 6.07) is 5.35. The first-order chi connectivity index (χ1) is 19.8. The van der Waals surface area contributed by atoms with Crippen molar-refractivity contribution in [1.29, 1.82) is 0 Å². The van der Waals surface area contributed by atoms with Crippen LogP contribution >= 0.6 is 0 Å². The van der Waals surface area contributed by atoms with Gasteiger partial charge in [-0.05, 0) is 54.7 Å². The number of rotatable bonds is 11. The highest BCUT2D eigenvalue weighted by molar-refractivity contribution is 5.80. The van der Waals surface area contributed by atoms with Crippen molar-refractivity contribution in [2.75, 3.05) is 26.2 Å². The van der Waals surface area contributed by atoms with E-state index in [9.17, 15) is 37.7 Å². The minimum absolute atomic E-state index is 0.0165. The number of benzene rings is 2. The lowest BCUT2D eigenvalue weighted by Crippen LogP contribution is -2.50. The average Bonchev–Trinajstić information content (AvgIpc) is 3.49. The maximum absolute atomic E-state index is 14.9. The van der Waals surface area contributed by atoms with Crippen LogP contribution in [-0.4, -0.2) is 74.2 Å². The highest BCUT2D eigenvalue weighted by atomic mass is 19.1. The first-order valence-corrected chi connectivity index (χ1v) is 13.8. The zero-order valence-corrected chi connectivity index (χ0v) is 23.7. The van der Waals surface area contributed by atoms with E-state index >= 15 is 0 Å². The molecule has 3 aromatic rings. The Kier molecular flexibility index (Phi) is 9.59. The van der Waals surface area contributed by atoms with Gasteiger partial charge >= 0.3 is 0 Å². The fourth-order valence-electron chi connectivity index (χ4n) is 5.55. The maximum atomic E-state index is 14.9. The van der Waals surface area contributed by atoms with E-state index in [2.05, 4.69) is 10.3 Å². The van der Waals surface area contributed by atoms with Crippen molar-refractivity contribution >= 4 is 5.91 Å². The lowest BCUT2D eigenvalue weighted by Gasteiger charge is -2.43. The number of carbonyl (C=O) groups excluding carboxylic acids is 1. The van der Waals surface area contributed by atoms with E-state index in [-0.39, 0.29) is 62.0 Å². The van der Waals surface area contributed by atoms with Crippen molar-refractivity contribution in [2.45, 2.75) is 52.1 Å². The van der Waals surface area contributed by atoms with Gasteiger partial charge in [0.25, 0.3) is 5.91 Å². The molecule has 0 saturated carbocycles. The largest absolute Gasteiger partial charge is 0.508 e. The molecular weight excluding hydrogens is 556 g/mol.